The Bertz CT molecular complexity index is 2620. The van der Waals surface area contributed by atoms with Gasteiger partial charge in [-0.15, -0.1) is 0 Å². The number of carbonyl (C=O) groups excluding carboxylic acids is 5. The molecule has 15 heteroatoms. The van der Waals surface area contributed by atoms with Crippen LogP contribution in [0.25, 0.3) is 11.2 Å². The Balaban J connectivity index is 1.23. The fourth-order valence-electron chi connectivity index (χ4n) is 6.60. The number of rotatable bonds is 11. The maximum absolute atomic E-state index is 15.8. The average Bonchev–Trinajstić information content (AvgIpc) is 3.87. The molecule has 1 fully saturated rings. The van der Waals surface area contributed by atoms with Crippen molar-refractivity contribution in [2.45, 2.75) is 24.5 Å². The Labute approximate surface area is 340 Å². The van der Waals surface area contributed by atoms with E-state index in [0.717, 1.165) is 0 Å². The summed E-state index contributed by atoms with van der Waals surface area (Å²) >= 11 is 0. The zero-order valence-electron chi connectivity index (χ0n) is 31.3. The Morgan fingerprint density at radius 1 is 0.583 bits per heavy atom. The summed E-state index contributed by atoms with van der Waals surface area (Å²) in [4.78, 5) is 81.8. The minimum Gasteiger partial charge on any atom is -0.459 e. The average molecular weight is 805 g/mol. The number of halogens is 1. The summed E-state index contributed by atoms with van der Waals surface area (Å²) < 4.78 is 41.1. The van der Waals surface area contributed by atoms with Crippen molar-refractivity contribution in [1.82, 2.24) is 19.5 Å². The van der Waals surface area contributed by atoms with Gasteiger partial charge in [-0.3, -0.25) is 14.2 Å². The third-order valence-corrected chi connectivity index (χ3v) is 9.49. The number of imide groups is 1. The maximum atomic E-state index is 15.8. The molecule has 14 nitrogen and oxygen atoms in total. The van der Waals surface area contributed by atoms with Gasteiger partial charge in [0.2, 0.25) is 0 Å². The van der Waals surface area contributed by atoms with Crippen LogP contribution in [0, 0.1) is 6.08 Å². The third-order valence-electron chi connectivity index (χ3n) is 9.49. The predicted molar refractivity (Wildman–Crippen MR) is 211 cm³/mol. The normalized spacial score (nSPS) is 17.1. The summed E-state index contributed by atoms with van der Waals surface area (Å²) in [7, 11) is 0. The Hall–Kier alpha value is -7.91. The second-order valence-corrected chi connectivity index (χ2v) is 13.3. The van der Waals surface area contributed by atoms with Gasteiger partial charge < -0.3 is 18.9 Å². The molecule has 0 aliphatic carbocycles. The summed E-state index contributed by atoms with van der Waals surface area (Å²) in [5.41, 5.74) is 0.227. The van der Waals surface area contributed by atoms with E-state index < -0.39 is 72.8 Å². The van der Waals surface area contributed by atoms with Gasteiger partial charge in [0, 0.05) is 11.1 Å². The molecule has 298 valence electrons. The van der Waals surface area contributed by atoms with Crippen molar-refractivity contribution < 1.29 is 47.3 Å². The van der Waals surface area contributed by atoms with Crippen LogP contribution in [0.2, 0.25) is 0 Å². The lowest BCUT2D eigenvalue weighted by Gasteiger charge is -2.25. The second kappa shape index (κ2) is 17.3. The summed E-state index contributed by atoms with van der Waals surface area (Å²) in [6, 6.07) is 39.9. The van der Waals surface area contributed by atoms with E-state index in [4.69, 9.17) is 18.9 Å². The van der Waals surface area contributed by atoms with Gasteiger partial charge in [-0.25, -0.2) is 24.3 Å². The summed E-state index contributed by atoms with van der Waals surface area (Å²) in [5, 5.41) is 0. The number of nitrogens with zero attached hydrogens (tertiary/aromatic N) is 5. The van der Waals surface area contributed by atoms with Crippen LogP contribution in [-0.2, 0) is 18.9 Å². The quantitative estimate of drug-likeness (QED) is 0.0591. The van der Waals surface area contributed by atoms with Crippen molar-refractivity contribution in [3.05, 3.63) is 192 Å². The minimum atomic E-state index is -1.52. The molecule has 1 saturated heterocycles. The van der Waals surface area contributed by atoms with E-state index in [9.17, 15) is 24.0 Å². The van der Waals surface area contributed by atoms with Gasteiger partial charge in [0.15, 0.2) is 35.4 Å². The Morgan fingerprint density at radius 3 is 1.50 bits per heavy atom. The highest BCUT2D eigenvalue weighted by molar-refractivity contribution is 6.27. The van der Waals surface area contributed by atoms with Crippen LogP contribution in [0.3, 0.4) is 0 Å². The van der Waals surface area contributed by atoms with Crippen molar-refractivity contribution in [1.29, 1.82) is 0 Å². The van der Waals surface area contributed by atoms with Gasteiger partial charge in [0.05, 0.1) is 23.0 Å². The van der Waals surface area contributed by atoms with E-state index in [1.807, 2.05) is 0 Å². The lowest BCUT2D eigenvalue weighted by Crippen LogP contribution is -2.41. The summed E-state index contributed by atoms with van der Waals surface area (Å²) in [6.45, 7) is -0.498. The molecule has 8 rings (SSSR count). The topological polar surface area (TPSA) is 169 Å². The van der Waals surface area contributed by atoms with Crippen LogP contribution in [0.15, 0.2) is 158 Å². The van der Waals surface area contributed by atoms with Gasteiger partial charge in [-0.1, -0.05) is 91.0 Å². The SMILES string of the molecule is O=C(OC[C@H]1O[C@@H](n2cnc3c(N(C(=O)c4ccccc4)C(=O)c4ccccc4)nc([18F])nc32)[C@H](OC(=O)c2ccccc2)[C@@H]1OC(=O)c1ccccc1)c1ccccc1. The van der Waals surface area contributed by atoms with Crippen LogP contribution in [0.1, 0.15) is 58.0 Å². The maximum Gasteiger partial charge on any atom is 0.338 e. The molecule has 60 heavy (non-hydrogen) atoms. The fraction of sp³-hybridized carbons (Fsp3) is 0.111. The monoisotopic (exact) mass is 804 g/mol. The number of hydrogen-bond donors (Lipinski definition) is 0. The number of benzene rings is 5. The molecule has 0 spiro atoms. The van der Waals surface area contributed by atoms with Crippen molar-refractivity contribution >= 4 is 46.7 Å². The summed E-state index contributed by atoms with van der Waals surface area (Å²) in [6.07, 6.45) is -5.91. The molecule has 5 aromatic carbocycles. The van der Waals surface area contributed by atoms with Crippen molar-refractivity contribution in [3.8, 4) is 0 Å². The lowest BCUT2D eigenvalue weighted by atomic mass is 10.1. The second-order valence-electron chi connectivity index (χ2n) is 13.3. The molecule has 3 heterocycles. The van der Waals surface area contributed by atoms with E-state index in [0.29, 0.717) is 4.90 Å². The molecule has 0 unspecified atom stereocenters. The number of carbonyl (C=O) groups is 5. The van der Waals surface area contributed by atoms with E-state index in [1.54, 1.807) is 103 Å². The molecule has 0 radical (unpaired) electrons. The molecule has 0 saturated carbocycles. The Kier molecular flexibility index (Phi) is 11.2. The zero-order valence-corrected chi connectivity index (χ0v) is 31.3. The molecule has 0 bridgehead atoms. The van der Waals surface area contributed by atoms with Crippen LogP contribution >= 0.6 is 0 Å². The number of anilines is 1. The van der Waals surface area contributed by atoms with Gasteiger partial charge >= 0.3 is 24.0 Å². The highest BCUT2D eigenvalue weighted by Crippen LogP contribution is 2.38. The molecule has 2 amide bonds. The molecular formula is C45H32FN5O9. The minimum absolute atomic E-state index is 0.0939. The number of imidazole rings is 1. The van der Waals surface area contributed by atoms with Gasteiger partial charge in [0.25, 0.3) is 11.8 Å². The number of ether oxygens (including phenoxy) is 4. The molecule has 7 aromatic rings. The smallest absolute Gasteiger partial charge is 0.338 e. The van der Waals surface area contributed by atoms with E-state index in [1.165, 1.54) is 59.4 Å². The van der Waals surface area contributed by atoms with Gasteiger partial charge in [0.1, 0.15) is 12.7 Å². The van der Waals surface area contributed by atoms with Gasteiger partial charge in [-0.05, 0) is 60.7 Å². The predicted octanol–water partition coefficient (Wildman–Crippen LogP) is 6.66. The largest absolute Gasteiger partial charge is 0.459 e. The standard InChI is InChI=1S/C45H32FN5O9/c46-45-48-37-34(38(49-45)51(39(52)28-16-6-1-7-17-28)40(53)29-18-8-2-9-19-29)47-27-50(37)41-36(60-44(56)32-24-14-5-15-25-32)35(59-43(55)31-22-12-4-13-23-31)33(58-41)26-57-42(54)30-20-10-3-11-21-30/h1-25,27,33,35-36,41H,26H2/t33-,35-,36-,41-/m1/s1/i46-1. The molecular weight excluding hydrogens is 773 g/mol. The number of amides is 2. The third kappa shape index (κ3) is 8.10. The molecule has 4 atom stereocenters. The first kappa shape index (κ1) is 38.9. The number of fused-ring (bicyclic) bond motifs is 1. The molecule has 2 aromatic heterocycles. The molecule has 1 aliphatic rings. The van der Waals surface area contributed by atoms with E-state index in [-0.39, 0.29) is 39.0 Å². The van der Waals surface area contributed by atoms with E-state index in [2.05, 4.69) is 15.0 Å². The highest BCUT2D eigenvalue weighted by Gasteiger charge is 2.52. The molecule has 1 aliphatic heterocycles. The van der Waals surface area contributed by atoms with Crippen molar-refractivity contribution in [2.24, 2.45) is 0 Å². The first-order valence-electron chi connectivity index (χ1n) is 18.6. The zero-order chi connectivity index (χ0) is 41.6. The first-order chi connectivity index (χ1) is 29.3. The highest BCUT2D eigenvalue weighted by atomic mass is 18.2. The number of esters is 3. The lowest BCUT2D eigenvalue weighted by molar-refractivity contribution is -0.0606. The number of hydrogen-bond acceptors (Lipinski definition) is 12. The van der Waals surface area contributed by atoms with Crippen LogP contribution in [0.4, 0.5) is 10.2 Å². The Morgan fingerprint density at radius 2 is 1.02 bits per heavy atom. The van der Waals surface area contributed by atoms with Crippen LogP contribution < -0.4 is 4.90 Å². The van der Waals surface area contributed by atoms with Crippen molar-refractivity contribution in [3.63, 3.8) is 0 Å². The fourth-order valence-corrected chi connectivity index (χ4v) is 6.60. The summed E-state index contributed by atoms with van der Waals surface area (Å²) in [5.74, 6) is -4.53. The molecule has 0 N–H and O–H groups in total. The van der Waals surface area contributed by atoms with E-state index >= 15 is 4.39 Å². The van der Waals surface area contributed by atoms with Gasteiger partial charge in [-0.2, -0.15) is 14.4 Å². The van der Waals surface area contributed by atoms with Crippen LogP contribution in [-0.4, -0.2) is 74.2 Å². The van der Waals surface area contributed by atoms with Crippen molar-refractivity contribution in [2.75, 3.05) is 11.5 Å². The number of aromatic nitrogens is 4. The van der Waals surface area contributed by atoms with Crippen LogP contribution in [0.5, 0.6) is 0 Å². The first-order valence-corrected chi connectivity index (χ1v) is 18.6.